The lowest BCUT2D eigenvalue weighted by atomic mass is 10.1. The van der Waals surface area contributed by atoms with Crippen molar-refractivity contribution in [2.75, 3.05) is 0 Å². The minimum Gasteiger partial charge on any atom is -0.389 e. The van der Waals surface area contributed by atoms with Gasteiger partial charge in [0.25, 0.3) is 0 Å². The Morgan fingerprint density at radius 3 is 2.67 bits per heavy atom. The van der Waals surface area contributed by atoms with E-state index in [1.54, 1.807) is 6.07 Å². The van der Waals surface area contributed by atoms with Crippen molar-refractivity contribution in [1.82, 2.24) is 0 Å². The van der Waals surface area contributed by atoms with Crippen LogP contribution in [0.1, 0.15) is 18.6 Å². The van der Waals surface area contributed by atoms with Crippen LogP contribution in [0.15, 0.2) is 12.1 Å². The molecule has 1 nitrogen and oxygen atoms in total. The van der Waals surface area contributed by atoms with Gasteiger partial charge in [0.15, 0.2) is 0 Å². The molecule has 0 aliphatic carbocycles. The molecular formula is C8H7ClFIO. The van der Waals surface area contributed by atoms with Crippen LogP contribution in [0.5, 0.6) is 0 Å². The summed E-state index contributed by atoms with van der Waals surface area (Å²) in [4.78, 5) is 0. The first-order valence-electron chi connectivity index (χ1n) is 3.35. The normalized spacial score (nSPS) is 13.1. The van der Waals surface area contributed by atoms with Gasteiger partial charge in [-0.15, -0.1) is 0 Å². The Morgan fingerprint density at radius 1 is 1.58 bits per heavy atom. The van der Waals surface area contributed by atoms with Crippen LogP contribution in [0.25, 0.3) is 0 Å². The quantitative estimate of drug-likeness (QED) is 0.624. The molecule has 1 N–H and O–H groups in total. The third-order valence-corrected chi connectivity index (χ3v) is 3.10. The predicted molar refractivity (Wildman–Crippen MR) is 54.8 cm³/mol. The molecule has 1 unspecified atom stereocenters. The van der Waals surface area contributed by atoms with Gasteiger partial charge in [-0.25, -0.2) is 4.39 Å². The molecule has 0 bridgehead atoms. The standard InChI is InChI=1S/C8H7ClFIO/c1-4(12)5-2-3-6(11)7(9)8(5)10/h2-4,12H,1H3. The monoisotopic (exact) mass is 300 g/mol. The number of aliphatic hydroxyl groups is 1. The lowest BCUT2D eigenvalue weighted by molar-refractivity contribution is 0.194. The summed E-state index contributed by atoms with van der Waals surface area (Å²) in [5, 5.41) is 9.20. The Hall–Kier alpha value is 0.130. The van der Waals surface area contributed by atoms with Crippen molar-refractivity contribution in [1.29, 1.82) is 0 Å². The number of halogens is 3. The minimum absolute atomic E-state index is 0.0778. The molecule has 0 amide bonds. The van der Waals surface area contributed by atoms with Crippen LogP contribution < -0.4 is 0 Å². The van der Waals surface area contributed by atoms with E-state index in [0.29, 0.717) is 3.57 Å². The highest BCUT2D eigenvalue weighted by Gasteiger charge is 2.12. The zero-order chi connectivity index (χ0) is 9.30. The van der Waals surface area contributed by atoms with E-state index in [1.165, 1.54) is 13.0 Å². The molecule has 4 heteroatoms. The highest BCUT2D eigenvalue weighted by molar-refractivity contribution is 14.1. The summed E-state index contributed by atoms with van der Waals surface area (Å²) in [6.45, 7) is 1.50. The summed E-state index contributed by atoms with van der Waals surface area (Å²) in [6.07, 6.45) is -0.820. The summed E-state index contributed by atoms with van der Waals surface area (Å²) in [7, 11) is 0. The summed E-state index contributed by atoms with van der Waals surface area (Å²) < 4.78 is 13.9. The Bertz CT molecular complexity index is 301. The van der Waals surface area contributed by atoms with E-state index in [2.05, 4.69) is 0 Å². The number of hydrogen-bond donors (Lipinski definition) is 1. The fraction of sp³-hybridized carbons (Fsp3) is 0.250. The first kappa shape index (κ1) is 10.2. The molecule has 0 aliphatic heterocycles. The van der Waals surface area contributed by atoms with Crippen LogP contribution in [-0.2, 0) is 0 Å². The third-order valence-electron chi connectivity index (χ3n) is 1.52. The van der Waals surface area contributed by atoms with Gasteiger partial charge in [0.1, 0.15) is 5.82 Å². The molecule has 1 aromatic carbocycles. The maximum Gasteiger partial charge on any atom is 0.148 e. The van der Waals surface area contributed by atoms with Crippen LogP contribution in [-0.4, -0.2) is 5.11 Å². The smallest absolute Gasteiger partial charge is 0.148 e. The largest absolute Gasteiger partial charge is 0.389 e. The molecule has 12 heavy (non-hydrogen) atoms. The molecule has 0 saturated heterocycles. The van der Waals surface area contributed by atoms with E-state index in [0.717, 1.165) is 0 Å². The van der Waals surface area contributed by atoms with Crippen LogP contribution in [0.3, 0.4) is 0 Å². The number of aliphatic hydroxyl groups excluding tert-OH is 1. The second-order valence-corrected chi connectivity index (χ2v) is 3.98. The third kappa shape index (κ3) is 1.89. The Balaban J connectivity index is 3.27. The van der Waals surface area contributed by atoms with E-state index in [4.69, 9.17) is 16.7 Å². The topological polar surface area (TPSA) is 20.2 Å². The average molecular weight is 300 g/mol. The molecule has 0 aromatic heterocycles. The summed E-state index contributed by atoms with van der Waals surface area (Å²) in [6, 6.07) is 3.21. The lowest BCUT2D eigenvalue weighted by Gasteiger charge is -2.07. The molecule has 1 rings (SSSR count). The molecular weight excluding hydrogens is 293 g/mol. The number of hydrogen-bond acceptors (Lipinski definition) is 1. The van der Waals surface area contributed by atoms with Crippen LogP contribution >= 0.6 is 34.2 Å². The zero-order valence-corrected chi connectivity index (χ0v) is 9.23. The maximum atomic E-state index is 13.2. The molecule has 0 spiro atoms. The van der Waals surface area contributed by atoms with Crippen LogP contribution in [0.2, 0.25) is 5.02 Å². The van der Waals surface area contributed by atoms with Crippen molar-refractivity contribution < 1.29 is 9.50 Å². The molecule has 0 heterocycles. The second kappa shape index (κ2) is 3.89. The van der Waals surface area contributed by atoms with E-state index < -0.39 is 11.9 Å². The highest BCUT2D eigenvalue weighted by Crippen LogP contribution is 2.27. The van der Waals surface area contributed by atoms with Gasteiger partial charge >= 0.3 is 0 Å². The van der Waals surface area contributed by atoms with Gasteiger partial charge in [-0.1, -0.05) is 17.7 Å². The molecule has 1 aromatic rings. The minimum atomic E-state index is -0.820. The average Bonchev–Trinajstić information content (AvgIpc) is 2.00. The van der Waals surface area contributed by atoms with Crippen molar-refractivity contribution in [3.05, 3.63) is 32.1 Å². The fourth-order valence-corrected chi connectivity index (χ4v) is 1.45. The molecule has 1 atom stereocenters. The first-order chi connectivity index (χ1) is 5.54. The molecule has 0 fully saturated rings. The van der Waals surface area contributed by atoms with Gasteiger partial charge in [-0.3, -0.25) is 0 Å². The van der Waals surface area contributed by atoms with Gasteiger partial charge in [0.2, 0.25) is 0 Å². The number of rotatable bonds is 1. The van der Waals surface area contributed by atoms with Gasteiger partial charge < -0.3 is 5.11 Å². The van der Waals surface area contributed by atoms with E-state index in [1.807, 2.05) is 22.6 Å². The van der Waals surface area contributed by atoms with Crippen molar-refractivity contribution >= 4 is 34.2 Å². The van der Waals surface area contributed by atoms with Crippen LogP contribution in [0.4, 0.5) is 4.39 Å². The highest BCUT2D eigenvalue weighted by atomic mass is 127. The molecule has 0 saturated carbocycles. The lowest BCUT2D eigenvalue weighted by Crippen LogP contribution is -1.97. The second-order valence-electron chi connectivity index (χ2n) is 2.44. The first-order valence-corrected chi connectivity index (χ1v) is 4.81. The Labute approximate surface area is 88.7 Å². The van der Waals surface area contributed by atoms with E-state index in [9.17, 15) is 4.39 Å². The molecule has 0 radical (unpaired) electrons. The van der Waals surface area contributed by atoms with Gasteiger partial charge in [0, 0.05) is 9.13 Å². The van der Waals surface area contributed by atoms with Crippen molar-refractivity contribution in [3.8, 4) is 0 Å². The van der Waals surface area contributed by atoms with Crippen molar-refractivity contribution in [2.24, 2.45) is 0 Å². The van der Waals surface area contributed by atoms with Gasteiger partial charge in [-0.2, -0.15) is 0 Å². The summed E-state index contributed by atoms with van der Waals surface area (Å²) >= 11 is 7.57. The van der Waals surface area contributed by atoms with Crippen LogP contribution in [0, 0.1) is 9.39 Å². The Kier molecular flexibility index (Phi) is 3.31. The maximum absolute atomic E-state index is 13.2. The van der Waals surface area contributed by atoms with Gasteiger partial charge in [-0.05, 0) is 35.6 Å². The molecule has 0 aliphatic rings. The SMILES string of the molecule is CC(O)c1ccc(I)c(Cl)c1F. The Morgan fingerprint density at radius 2 is 2.17 bits per heavy atom. The summed E-state index contributed by atoms with van der Waals surface area (Å²) in [5.41, 5.74) is 0.236. The summed E-state index contributed by atoms with van der Waals surface area (Å²) in [5.74, 6) is -0.529. The van der Waals surface area contributed by atoms with Gasteiger partial charge in [0.05, 0.1) is 11.1 Å². The van der Waals surface area contributed by atoms with E-state index >= 15 is 0 Å². The van der Waals surface area contributed by atoms with E-state index in [-0.39, 0.29) is 10.6 Å². The number of benzene rings is 1. The fourth-order valence-electron chi connectivity index (χ4n) is 0.863. The zero-order valence-electron chi connectivity index (χ0n) is 6.31. The predicted octanol–water partition coefficient (Wildman–Crippen LogP) is 3.14. The molecule has 66 valence electrons. The van der Waals surface area contributed by atoms with Crippen molar-refractivity contribution in [3.63, 3.8) is 0 Å². The van der Waals surface area contributed by atoms with Crippen molar-refractivity contribution in [2.45, 2.75) is 13.0 Å².